The summed E-state index contributed by atoms with van der Waals surface area (Å²) in [6.45, 7) is -0.686. The van der Waals surface area contributed by atoms with Crippen molar-refractivity contribution in [2.45, 2.75) is 0 Å². The third kappa shape index (κ3) is 2.76. The quantitative estimate of drug-likeness (QED) is 0.870. The first kappa shape index (κ1) is 12.7. The van der Waals surface area contributed by atoms with E-state index < -0.39 is 30.1 Å². The van der Waals surface area contributed by atoms with E-state index in [1.54, 1.807) is 0 Å². The number of aromatic nitrogens is 1. The SMILES string of the molecule is O=C(O)COc1cc2ccc(F)cc2nc1C(=O)O. The lowest BCUT2D eigenvalue weighted by atomic mass is 10.2. The Balaban J connectivity index is 2.54. The maximum absolute atomic E-state index is 13.0. The molecular weight excluding hydrogens is 257 g/mol. The van der Waals surface area contributed by atoms with Gasteiger partial charge >= 0.3 is 11.9 Å². The number of nitrogens with zero attached hydrogens (tertiary/aromatic N) is 1. The van der Waals surface area contributed by atoms with Crippen LogP contribution in [0.1, 0.15) is 10.5 Å². The van der Waals surface area contributed by atoms with Crippen molar-refractivity contribution in [3.63, 3.8) is 0 Å². The van der Waals surface area contributed by atoms with Gasteiger partial charge in [-0.05, 0) is 18.2 Å². The van der Waals surface area contributed by atoms with Crippen LogP contribution in [-0.4, -0.2) is 33.7 Å². The Bertz CT molecular complexity index is 670. The van der Waals surface area contributed by atoms with Gasteiger partial charge in [0.2, 0.25) is 0 Å². The number of carboxylic acid groups (broad SMARTS) is 2. The Labute approximate surface area is 106 Å². The van der Waals surface area contributed by atoms with Crippen LogP contribution in [0.4, 0.5) is 4.39 Å². The molecule has 1 aromatic carbocycles. The zero-order chi connectivity index (χ0) is 14.0. The average molecular weight is 265 g/mol. The molecular formula is C12H8FNO5. The van der Waals surface area contributed by atoms with Crippen LogP contribution in [0, 0.1) is 5.82 Å². The number of rotatable bonds is 4. The van der Waals surface area contributed by atoms with Gasteiger partial charge in [0, 0.05) is 11.5 Å². The van der Waals surface area contributed by atoms with Gasteiger partial charge in [0.15, 0.2) is 18.1 Å². The Kier molecular flexibility index (Phi) is 3.28. The number of aliphatic carboxylic acids is 1. The molecule has 0 unspecified atom stereocenters. The fraction of sp³-hybridized carbons (Fsp3) is 0.0833. The van der Waals surface area contributed by atoms with Crippen LogP contribution >= 0.6 is 0 Å². The van der Waals surface area contributed by atoms with Crippen molar-refractivity contribution in [1.82, 2.24) is 4.98 Å². The molecule has 0 saturated heterocycles. The smallest absolute Gasteiger partial charge is 0.358 e. The molecule has 98 valence electrons. The van der Waals surface area contributed by atoms with E-state index in [1.807, 2.05) is 0 Å². The largest absolute Gasteiger partial charge is 0.479 e. The Morgan fingerprint density at radius 1 is 1.26 bits per heavy atom. The van der Waals surface area contributed by atoms with Crippen LogP contribution in [0.5, 0.6) is 5.75 Å². The standard InChI is InChI=1S/C12H8FNO5/c13-7-2-1-6-3-9(19-5-10(15)16)11(12(17)18)14-8(6)4-7/h1-4H,5H2,(H,15,16)(H,17,18). The van der Waals surface area contributed by atoms with E-state index >= 15 is 0 Å². The van der Waals surface area contributed by atoms with Crippen molar-refractivity contribution < 1.29 is 28.9 Å². The minimum atomic E-state index is -1.38. The second kappa shape index (κ2) is 4.89. The first-order chi connectivity index (χ1) is 8.97. The lowest BCUT2D eigenvalue weighted by Crippen LogP contribution is -2.13. The Morgan fingerprint density at radius 2 is 2.00 bits per heavy atom. The van der Waals surface area contributed by atoms with Crippen molar-refractivity contribution in [3.05, 3.63) is 35.8 Å². The maximum Gasteiger partial charge on any atom is 0.358 e. The fourth-order valence-electron chi connectivity index (χ4n) is 1.52. The first-order valence-corrected chi connectivity index (χ1v) is 5.15. The normalized spacial score (nSPS) is 10.4. The summed E-state index contributed by atoms with van der Waals surface area (Å²) in [5.74, 6) is -3.34. The van der Waals surface area contributed by atoms with Crippen LogP contribution in [0.2, 0.25) is 0 Å². The predicted octanol–water partition coefficient (Wildman–Crippen LogP) is 1.54. The molecule has 0 saturated carbocycles. The molecule has 0 radical (unpaired) electrons. The maximum atomic E-state index is 13.0. The van der Waals surface area contributed by atoms with Gasteiger partial charge < -0.3 is 14.9 Å². The molecule has 2 N–H and O–H groups in total. The van der Waals surface area contributed by atoms with Gasteiger partial charge in [0.1, 0.15) is 5.82 Å². The molecule has 0 aliphatic carbocycles. The van der Waals surface area contributed by atoms with Gasteiger partial charge in [0.05, 0.1) is 5.52 Å². The van der Waals surface area contributed by atoms with Crippen LogP contribution in [0.25, 0.3) is 10.9 Å². The number of hydrogen-bond donors (Lipinski definition) is 2. The minimum absolute atomic E-state index is 0.153. The summed E-state index contributed by atoms with van der Waals surface area (Å²) >= 11 is 0. The molecule has 7 heteroatoms. The number of aromatic carboxylic acids is 1. The second-order valence-electron chi connectivity index (χ2n) is 3.66. The molecule has 1 aromatic heterocycles. The van der Waals surface area contributed by atoms with Gasteiger partial charge in [-0.3, -0.25) is 0 Å². The molecule has 0 bridgehead atoms. The average Bonchev–Trinajstić information content (AvgIpc) is 2.35. The number of fused-ring (bicyclic) bond motifs is 1. The Hall–Kier alpha value is -2.70. The van der Waals surface area contributed by atoms with Crippen molar-refractivity contribution in [3.8, 4) is 5.75 Å². The van der Waals surface area contributed by atoms with E-state index in [1.165, 1.54) is 18.2 Å². The topological polar surface area (TPSA) is 96.7 Å². The zero-order valence-electron chi connectivity index (χ0n) is 9.46. The molecule has 0 spiro atoms. The van der Waals surface area contributed by atoms with Crippen LogP contribution < -0.4 is 4.74 Å². The summed E-state index contributed by atoms with van der Waals surface area (Å²) in [5.41, 5.74) is -0.306. The summed E-state index contributed by atoms with van der Waals surface area (Å²) in [7, 11) is 0. The van der Waals surface area contributed by atoms with E-state index in [0.29, 0.717) is 5.39 Å². The minimum Gasteiger partial charge on any atom is -0.479 e. The molecule has 0 aliphatic heterocycles. The number of pyridine rings is 1. The van der Waals surface area contributed by atoms with E-state index in [2.05, 4.69) is 4.98 Å². The molecule has 0 amide bonds. The predicted molar refractivity (Wildman–Crippen MR) is 61.8 cm³/mol. The van der Waals surface area contributed by atoms with Crippen molar-refractivity contribution in [2.75, 3.05) is 6.61 Å². The summed E-state index contributed by atoms with van der Waals surface area (Å²) in [5, 5.41) is 17.9. The first-order valence-electron chi connectivity index (χ1n) is 5.15. The molecule has 2 rings (SSSR count). The lowest BCUT2D eigenvalue weighted by molar-refractivity contribution is -0.139. The van der Waals surface area contributed by atoms with Crippen LogP contribution in [0.3, 0.4) is 0 Å². The third-order valence-electron chi connectivity index (χ3n) is 2.30. The summed E-state index contributed by atoms with van der Waals surface area (Å²) in [6.07, 6.45) is 0. The molecule has 19 heavy (non-hydrogen) atoms. The van der Waals surface area contributed by atoms with Crippen molar-refractivity contribution >= 4 is 22.8 Å². The molecule has 0 fully saturated rings. The van der Waals surface area contributed by atoms with Crippen molar-refractivity contribution in [2.24, 2.45) is 0 Å². The molecule has 0 aliphatic rings. The summed E-state index contributed by atoms with van der Waals surface area (Å²) in [4.78, 5) is 25.2. The van der Waals surface area contributed by atoms with E-state index in [4.69, 9.17) is 14.9 Å². The number of hydrogen-bond acceptors (Lipinski definition) is 4. The van der Waals surface area contributed by atoms with Crippen molar-refractivity contribution in [1.29, 1.82) is 0 Å². The number of ether oxygens (including phenoxy) is 1. The number of halogens is 1. The Morgan fingerprint density at radius 3 is 2.63 bits per heavy atom. The fourth-order valence-corrected chi connectivity index (χ4v) is 1.52. The second-order valence-corrected chi connectivity index (χ2v) is 3.66. The summed E-state index contributed by atoms with van der Waals surface area (Å²) in [6, 6.07) is 4.99. The van der Waals surface area contributed by atoms with Gasteiger partial charge in [-0.2, -0.15) is 0 Å². The highest BCUT2D eigenvalue weighted by atomic mass is 19.1. The monoisotopic (exact) mass is 265 g/mol. The van der Waals surface area contributed by atoms with E-state index in [0.717, 1.165) is 6.07 Å². The van der Waals surface area contributed by atoms with Gasteiger partial charge in [0.25, 0.3) is 0 Å². The highest BCUT2D eigenvalue weighted by Crippen LogP contribution is 2.23. The molecule has 2 aromatic rings. The van der Waals surface area contributed by atoms with Gasteiger partial charge in [-0.15, -0.1) is 0 Å². The third-order valence-corrected chi connectivity index (χ3v) is 2.30. The van der Waals surface area contributed by atoms with Gasteiger partial charge in [-0.1, -0.05) is 0 Å². The highest BCUT2D eigenvalue weighted by molar-refractivity contribution is 5.93. The van der Waals surface area contributed by atoms with E-state index in [-0.39, 0.29) is 11.3 Å². The zero-order valence-corrected chi connectivity index (χ0v) is 9.46. The number of benzene rings is 1. The summed E-state index contributed by atoms with van der Waals surface area (Å²) < 4.78 is 17.9. The number of carbonyl (C=O) groups is 2. The lowest BCUT2D eigenvalue weighted by Gasteiger charge is -2.08. The van der Waals surface area contributed by atoms with Crippen LogP contribution in [-0.2, 0) is 4.79 Å². The molecule has 1 heterocycles. The highest BCUT2D eigenvalue weighted by Gasteiger charge is 2.16. The van der Waals surface area contributed by atoms with Crippen LogP contribution in [0.15, 0.2) is 24.3 Å². The molecule has 6 nitrogen and oxygen atoms in total. The molecule has 0 atom stereocenters. The van der Waals surface area contributed by atoms with E-state index in [9.17, 15) is 14.0 Å². The van der Waals surface area contributed by atoms with Gasteiger partial charge in [-0.25, -0.2) is 19.0 Å². The number of carboxylic acids is 2.